The zero-order valence-electron chi connectivity index (χ0n) is 18.8. The van der Waals surface area contributed by atoms with Crippen molar-refractivity contribution >= 4 is 29.6 Å². The lowest BCUT2D eigenvalue weighted by molar-refractivity contribution is -0.136. The number of methoxy groups -OCH3 is 1. The number of ether oxygens (including phenoxy) is 1. The lowest BCUT2D eigenvalue weighted by Crippen LogP contribution is -2.57. The average molecular weight is 469 g/mol. The van der Waals surface area contributed by atoms with Gasteiger partial charge in [0.05, 0.1) is 13.2 Å². The number of carbonyl (C=O) groups is 2. The molecule has 0 unspecified atom stereocenters. The number of likely N-dealkylation sites (tertiary alicyclic amines) is 1. The van der Waals surface area contributed by atoms with E-state index in [1.54, 1.807) is 24.4 Å². The van der Waals surface area contributed by atoms with Crippen LogP contribution in [0.15, 0.2) is 59.9 Å². The molecule has 0 aliphatic carbocycles. The van der Waals surface area contributed by atoms with Gasteiger partial charge in [-0.1, -0.05) is 48.0 Å². The van der Waals surface area contributed by atoms with Crippen LogP contribution in [-0.2, 0) is 16.1 Å². The number of benzene rings is 1. The minimum atomic E-state index is -0.829. The third kappa shape index (κ3) is 5.11. The maximum Gasteiger partial charge on any atom is 0.328 e. The number of hydrogen-bond acceptors (Lipinski definition) is 5. The van der Waals surface area contributed by atoms with Gasteiger partial charge < -0.3 is 9.64 Å². The fourth-order valence-corrected chi connectivity index (χ4v) is 4.94. The highest BCUT2D eigenvalue weighted by molar-refractivity contribution is 6.31. The van der Waals surface area contributed by atoms with Crippen molar-refractivity contribution in [2.75, 3.05) is 39.9 Å². The maximum absolute atomic E-state index is 13.6. The van der Waals surface area contributed by atoms with Crippen LogP contribution in [0.2, 0.25) is 0 Å². The summed E-state index contributed by atoms with van der Waals surface area (Å²) in [4.78, 5) is 36.3. The molecule has 1 aromatic carbocycles. The molecule has 1 spiro atoms. The molecule has 0 atom stereocenters. The Labute approximate surface area is 199 Å². The molecule has 0 saturated carbocycles. The molecule has 3 amide bonds. The van der Waals surface area contributed by atoms with Crippen LogP contribution in [0.1, 0.15) is 24.0 Å². The van der Waals surface area contributed by atoms with Crippen LogP contribution in [0.25, 0.3) is 6.08 Å². The highest BCUT2D eigenvalue weighted by Gasteiger charge is 2.57. The monoisotopic (exact) mass is 468 g/mol. The number of piperidine rings is 1. The first-order chi connectivity index (χ1) is 16.0. The van der Waals surface area contributed by atoms with Crippen molar-refractivity contribution in [3.05, 3.63) is 71.0 Å². The van der Waals surface area contributed by atoms with Crippen LogP contribution < -0.4 is 0 Å². The van der Waals surface area contributed by atoms with E-state index in [2.05, 4.69) is 9.88 Å². The Kier molecular flexibility index (Phi) is 7.42. The summed E-state index contributed by atoms with van der Waals surface area (Å²) in [5, 5.41) is 0.750. The largest absolute Gasteiger partial charge is 0.383 e. The van der Waals surface area contributed by atoms with Gasteiger partial charge in [0, 0.05) is 50.7 Å². The zero-order valence-corrected chi connectivity index (χ0v) is 19.6. The molecule has 2 aliphatic rings. The smallest absolute Gasteiger partial charge is 0.328 e. The van der Waals surface area contributed by atoms with E-state index in [1.165, 1.54) is 4.90 Å². The number of pyridine rings is 1. The van der Waals surface area contributed by atoms with Gasteiger partial charge >= 0.3 is 6.03 Å². The molecule has 0 N–H and O–H groups in total. The van der Waals surface area contributed by atoms with Crippen LogP contribution >= 0.6 is 11.6 Å². The van der Waals surface area contributed by atoms with Gasteiger partial charge in [-0.15, -0.1) is 0 Å². The predicted molar refractivity (Wildman–Crippen MR) is 127 cm³/mol. The lowest BCUT2D eigenvalue weighted by atomic mass is 9.85. The van der Waals surface area contributed by atoms with Crippen LogP contribution in [0.5, 0.6) is 0 Å². The summed E-state index contributed by atoms with van der Waals surface area (Å²) in [6.07, 6.45) is 6.47. The second kappa shape index (κ2) is 10.5. The molecule has 174 valence electrons. The van der Waals surface area contributed by atoms with Gasteiger partial charge in [-0.3, -0.25) is 19.6 Å². The number of halogens is 1. The summed E-state index contributed by atoms with van der Waals surface area (Å²) < 4.78 is 5.24. The van der Waals surface area contributed by atoms with Crippen molar-refractivity contribution < 1.29 is 14.3 Å². The SMILES string of the molecule is COCCN1C(=O)N(Cc2cccnc2)C(=O)C12CCN(C/C(Cl)=C/c1ccccc1)CC2. The Hall–Kier alpha value is -2.74. The molecule has 8 heteroatoms. The first-order valence-corrected chi connectivity index (χ1v) is 11.6. The third-order valence-corrected chi connectivity index (χ3v) is 6.61. The highest BCUT2D eigenvalue weighted by Crippen LogP contribution is 2.38. The number of carbonyl (C=O) groups excluding carboxylic acids is 2. The molecule has 2 aliphatic heterocycles. The predicted octanol–water partition coefficient (Wildman–Crippen LogP) is 3.61. The van der Waals surface area contributed by atoms with Crippen LogP contribution in [0, 0.1) is 0 Å². The first-order valence-electron chi connectivity index (χ1n) is 11.2. The molecule has 2 fully saturated rings. The summed E-state index contributed by atoms with van der Waals surface area (Å²) in [6.45, 7) is 2.98. The number of amides is 3. The van der Waals surface area contributed by atoms with Crippen molar-refractivity contribution in [3.63, 3.8) is 0 Å². The fourth-order valence-electron chi connectivity index (χ4n) is 4.64. The summed E-state index contributed by atoms with van der Waals surface area (Å²) in [6, 6.07) is 13.4. The van der Waals surface area contributed by atoms with Gasteiger partial charge in [0.1, 0.15) is 5.54 Å². The van der Waals surface area contributed by atoms with E-state index in [0.717, 1.165) is 16.2 Å². The molecule has 7 nitrogen and oxygen atoms in total. The van der Waals surface area contributed by atoms with Crippen molar-refractivity contribution in [2.45, 2.75) is 24.9 Å². The fraction of sp³-hybridized carbons (Fsp3) is 0.400. The van der Waals surface area contributed by atoms with Crippen LogP contribution in [0.3, 0.4) is 0 Å². The van der Waals surface area contributed by atoms with E-state index in [0.29, 0.717) is 45.6 Å². The maximum atomic E-state index is 13.6. The minimum Gasteiger partial charge on any atom is -0.383 e. The van der Waals surface area contributed by atoms with Gasteiger partial charge in [0.2, 0.25) is 0 Å². The number of imide groups is 1. The molecule has 0 bridgehead atoms. The van der Waals surface area contributed by atoms with Gasteiger partial charge in [0.15, 0.2) is 0 Å². The Morgan fingerprint density at radius 3 is 2.58 bits per heavy atom. The third-order valence-electron chi connectivity index (χ3n) is 6.38. The van der Waals surface area contributed by atoms with Crippen molar-refractivity contribution in [3.8, 4) is 0 Å². The second-order valence-corrected chi connectivity index (χ2v) is 8.97. The Morgan fingerprint density at radius 2 is 1.91 bits per heavy atom. The van der Waals surface area contributed by atoms with Crippen molar-refractivity contribution in [2.24, 2.45) is 0 Å². The number of aromatic nitrogens is 1. The van der Waals surface area contributed by atoms with Gasteiger partial charge in [-0.05, 0) is 36.1 Å². The van der Waals surface area contributed by atoms with Crippen LogP contribution in [-0.4, -0.2) is 77.1 Å². The quantitative estimate of drug-likeness (QED) is 0.554. The van der Waals surface area contributed by atoms with Crippen molar-refractivity contribution in [1.29, 1.82) is 0 Å². The molecule has 1 aromatic heterocycles. The Bertz CT molecular complexity index is 991. The molecular formula is C25H29ClN4O3. The topological polar surface area (TPSA) is 66.0 Å². The Balaban J connectivity index is 1.46. The summed E-state index contributed by atoms with van der Waals surface area (Å²) in [5.74, 6) is -0.127. The molecular weight excluding hydrogens is 440 g/mol. The molecule has 2 saturated heterocycles. The number of nitrogens with zero attached hydrogens (tertiary/aromatic N) is 4. The van der Waals surface area contributed by atoms with Crippen LogP contribution in [0.4, 0.5) is 4.79 Å². The van der Waals surface area contributed by atoms with E-state index in [1.807, 2.05) is 48.5 Å². The normalized spacial score (nSPS) is 19.0. The summed E-state index contributed by atoms with van der Waals surface area (Å²) in [5.41, 5.74) is 1.06. The van der Waals surface area contributed by atoms with Gasteiger partial charge in [-0.25, -0.2) is 4.79 Å². The highest BCUT2D eigenvalue weighted by atomic mass is 35.5. The zero-order chi connectivity index (χ0) is 23.3. The minimum absolute atomic E-state index is 0.127. The number of rotatable bonds is 8. The molecule has 33 heavy (non-hydrogen) atoms. The number of urea groups is 1. The van der Waals surface area contributed by atoms with E-state index in [9.17, 15) is 9.59 Å². The van der Waals surface area contributed by atoms with Crippen molar-refractivity contribution in [1.82, 2.24) is 19.7 Å². The summed E-state index contributed by atoms with van der Waals surface area (Å²) in [7, 11) is 1.60. The molecule has 2 aromatic rings. The van der Waals surface area contributed by atoms with Gasteiger partial charge in [-0.2, -0.15) is 0 Å². The van der Waals surface area contributed by atoms with E-state index in [4.69, 9.17) is 16.3 Å². The molecule has 0 radical (unpaired) electrons. The second-order valence-electron chi connectivity index (χ2n) is 8.49. The lowest BCUT2D eigenvalue weighted by Gasteiger charge is -2.42. The van der Waals surface area contributed by atoms with E-state index < -0.39 is 5.54 Å². The Morgan fingerprint density at radius 1 is 1.15 bits per heavy atom. The molecule has 3 heterocycles. The standard InChI is InChI=1S/C25H29ClN4O3/c1-33-15-14-30-24(32)29(18-21-8-5-11-27-17-21)23(31)25(30)9-12-28(13-10-25)19-22(26)16-20-6-3-2-4-7-20/h2-8,11,16-17H,9-10,12-15,18-19H2,1H3/b22-16-. The van der Waals surface area contributed by atoms with E-state index >= 15 is 0 Å². The summed E-state index contributed by atoms with van der Waals surface area (Å²) >= 11 is 6.52. The van der Waals surface area contributed by atoms with E-state index in [-0.39, 0.29) is 18.5 Å². The number of hydrogen-bond donors (Lipinski definition) is 0. The van der Waals surface area contributed by atoms with Gasteiger partial charge in [0.25, 0.3) is 5.91 Å². The average Bonchev–Trinajstić information content (AvgIpc) is 3.01. The molecule has 4 rings (SSSR count). The first kappa shape index (κ1) is 23.4.